The van der Waals surface area contributed by atoms with Gasteiger partial charge in [0.15, 0.2) is 0 Å². The molecule has 14 N–H and O–H groups in total. The van der Waals surface area contributed by atoms with E-state index in [-0.39, 0.29) is 85.8 Å². The van der Waals surface area contributed by atoms with Crippen LogP contribution in [0.1, 0.15) is 149 Å². The van der Waals surface area contributed by atoms with Crippen LogP contribution >= 0.6 is 0 Å². The maximum Gasteiger partial charge on any atom is 0.119 e. The quantitative estimate of drug-likeness (QED) is 0.0417. The largest absolute Gasteiger partial charge is 0.491 e. The molecular weight excluding hydrogens is 1580 g/mol. The smallest absolute Gasteiger partial charge is 0.119 e. The molecule has 0 bridgehead atoms. The normalized spacial score (nSPS) is 11.6. The van der Waals surface area contributed by atoms with Crippen LogP contribution < -0.4 is 4.74 Å². The molecule has 0 fully saturated rings. The van der Waals surface area contributed by atoms with Crippen LogP contribution in [0.2, 0.25) is 0 Å². The van der Waals surface area contributed by atoms with Crippen LogP contribution in [-0.4, -0.2) is 477 Å². The highest BCUT2D eigenvalue weighted by Gasteiger charge is 2.34. The topological polar surface area (TPSA) is 438 Å². The molecule has 0 aliphatic carbocycles. The summed E-state index contributed by atoms with van der Waals surface area (Å²) in [5.41, 5.74) is -1.18. The highest BCUT2D eigenvalue weighted by molar-refractivity contribution is 5.20. The lowest BCUT2D eigenvalue weighted by atomic mass is 10.0. The number of para-hydroxylation sites is 1. The predicted molar refractivity (Wildman–Crippen MR) is 471 cm³/mol. The van der Waals surface area contributed by atoms with E-state index in [1.54, 1.807) is 0 Å². The van der Waals surface area contributed by atoms with Gasteiger partial charge in [-0.15, -0.1) is 0 Å². The third-order valence-corrected chi connectivity index (χ3v) is 18.5. The van der Waals surface area contributed by atoms with Gasteiger partial charge in [0.2, 0.25) is 0 Å². The molecule has 0 amide bonds. The second-order valence-corrected chi connectivity index (χ2v) is 28.5. The molecule has 0 heterocycles. The van der Waals surface area contributed by atoms with Crippen molar-refractivity contribution in [3.8, 4) is 5.75 Å². The maximum atomic E-state index is 9.08. The Hall–Kier alpha value is -2.30. The van der Waals surface area contributed by atoms with Crippen molar-refractivity contribution in [3.05, 3.63) is 30.3 Å². The van der Waals surface area contributed by atoms with Gasteiger partial charge in [-0.25, -0.2) is 0 Å². The molecule has 34 heteroatoms. The monoisotopic (exact) mass is 1760 g/mol. The van der Waals surface area contributed by atoms with Crippen LogP contribution in [0.4, 0.5) is 0 Å². The Morgan fingerprint density at radius 1 is 0.198 bits per heavy atom. The van der Waals surface area contributed by atoms with Crippen molar-refractivity contribution in [2.45, 2.75) is 154 Å². The van der Waals surface area contributed by atoms with Gasteiger partial charge in [-0.3, -0.25) is 24.5 Å². The molecular formula is C87H181N5O29. The zero-order valence-electron chi connectivity index (χ0n) is 75.7. The minimum atomic E-state index is -1.18. The molecule has 728 valence electrons. The van der Waals surface area contributed by atoms with Crippen LogP contribution in [0, 0.1) is 0 Å². The first kappa shape index (κ1) is 125. The van der Waals surface area contributed by atoms with Crippen molar-refractivity contribution in [1.82, 2.24) is 24.5 Å². The van der Waals surface area contributed by atoms with E-state index >= 15 is 0 Å². The first-order valence-corrected chi connectivity index (χ1v) is 45.5. The lowest BCUT2D eigenvalue weighted by Crippen LogP contribution is -2.58. The lowest BCUT2D eigenvalue weighted by Gasteiger charge is -2.39. The Balaban J connectivity index is -0.000000720. The third-order valence-electron chi connectivity index (χ3n) is 18.5. The molecule has 0 radical (unpaired) electrons. The van der Waals surface area contributed by atoms with Crippen LogP contribution in [-0.2, 0) is 66.3 Å². The van der Waals surface area contributed by atoms with Gasteiger partial charge in [0.1, 0.15) is 12.4 Å². The number of aliphatic hydroxyl groups excluding tert-OH is 14. The molecule has 0 unspecified atom stereocenters. The van der Waals surface area contributed by atoms with E-state index < -0.39 is 25.4 Å². The average Bonchev–Trinajstić information content (AvgIpc) is 0.844. The van der Waals surface area contributed by atoms with Crippen molar-refractivity contribution in [1.29, 1.82) is 0 Å². The molecule has 121 heavy (non-hydrogen) atoms. The lowest BCUT2D eigenvalue weighted by molar-refractivity contribution is -0.0578. The molecule has 0 aromatic heterocycles. The molecule has 0 aliphatic heterocycles. The minimum absolute atomic E-state index is 0.0269. The number of aliphatic hydroxyl groups is 14. The van der Waals surface area contributed by atoms with Crippen LogP contribution in [0.3, 0.4) is 0 Å². The van der Waals surface area contributed by atoms with E-state index in [0.29, 0.717) is 192 Å². The number of unbranched alkanes of at least 4 members (excludes halogenated alkanes) is 18. The Morgan fingerprint density at radius 3 is 0.636 bits per heavy atom. The summed E-state index contributed by atoms with van der Waals surface area (Å²) in [6.07, 6.45) is 27.7. The van der Waals surface area contributed by atoms with Crippen LogP contribution in [0.25, 0.3) is 0 Å². The summed E-state index contributed by atoms with van der Waals surface area (Å²) >= 11 is 0. The molecule has 0 atom stereocenters. The van der Waals surface area contributed by atoms with Gasteiger partial charge >= 0.3 is 0 Å². The van der Waals surface area contributed by atoms with Gasteiger partial charge in [0.05, 0.1) is 276 Å². The summed E-state index contributed by atoms with van der Waals surface area (Å²) < 4.78 is 80.9. The number of rotatable bonds is 95. The first-order chi connectivity index (χ1) is 59.6. The highest BCUT2D eigenvalue weighted by atomic mass is 16.6. The SMILES string of the molecule is CCCCCCCCCCCCN(CCOCCO)CCOCCO.CCCCCCCCCCCCN(CCOCCOCCO)CCOCCOCCO.OCCCN(CCOCCOCCO)CCOCCOCCO.OCCN(CCO)C(CO)(CO)CO.OCCOCCN(CCOCCO)CCOCCOCCOc1ccccc1. The van der Waals surface area contributed by atoms with E-state index in [9.17, 15) is 0 Å². The van der Waals surface area contributed by atoms with E-state index in [0.717, 1.165) is 90.7 Å². The summed E-state index contributed by atoms with van der Waals surface area (Å²) in [6.45, 7) is 28.7. The number of hydrogen-bond donors (Lipinski definition) is 14. The maximum absolute atomic E-state index is 9.08. The van der Waals surface area contributed by atoms with Gasteiger partial charge in [-0.05, 0) is 44.5 Å². The second-order valence-electron chi connectivity index (χ2n) is 28.5. The van der Waals surface area contributed by atoms with Crippen molar-refractivity contribution >= 4 is 0 Å². The van der Waals surface area contributed by atoms with E-state index in [1.807, 2.05) is 30.3 Å². The van der Waals surface area contributed by atoms with Gasteiger partial charge in [0.25, 0.3) is 0 Å². The minimum Gasteiger partial charge on any atom is -0.491 e. The summed E-state index contributed by atoms with van der Waals surface area (Å²) in [7, 11) is 0. The number of β-amino-alcohol motifs (C(OH)–C–C–N with tert-alkyl or cyclic N) is 2. The van der Waals surface area contributed by atoms with E-state index in [2.05, 4.69) is 33.4 Å². The molecule has 1 rings (SSSR count). The first-order valence-electron chi connectivity index (χ1n) is 45.5. The zero-order valence-corrected chi connectivity index (χ0v) is 75.7. The molecule has 34 nitrogen and oxygen atoms in total. The fourth-order valence-corrected chi connectivity index (χ4v) is 11.6. The van der Waals surface area contributed by atoms with Crippen molar-refractivity contribution in [2.24, 2.45) is 0 Å². The van der Waals surface area contributed by atoms with Crippen LogP contribution in [0.15, 0.2) is 30.3 Å². The Bertz CT molecular complexity index is 1890. The van der Waals surface area contributed by atoms with Crippen molar-refractivity contribution in [2.75, 3.05) is 376 Å². The summed E-state index contributed by atoms with van der Waals surface area (Å²) in [4.78, 5) is 10.6. The number of hydrogen-bond acceptors (Lipinski definition) is 34. The Labute approximate surface area is 730 Å². The van der Waals surface area contributed by atoms with Gasteiger partial charge in [-0.2, -0.15) is 0 Å². The van der Waals surface area contributed by atoms with E-state index in [4.69, 9.17) is 143 Å². The van der Waals surface area contributed by atoms with Crippen molar-refractivity contribution in [3.63, 3.8) is 0 Å². The molecule has 1 aromatic rings. The fourth-order valence-electron chi connectivity index (χ4n) is 11.6. The number of ether oxygens (including phenoxy) is 15. The molecule has 1 aromatic carbocycles. The van der Waals surface area contributed by atoms with Crippen LogP contribution in [0.5, 0.6) is 5.75 Å². The molecule has 0 saturated heterocycles. The standard InChI is InChI=1S/C24H51NO6.C20H35NO7.C20H43NO4.C15H33NO7.C8H19NO5/c1-2-3-4-5-6-7-8-9-10-11-12-25(13-17-28-21-23-30-19-15-26)14-18-29-22-24-31-20-16-27;22-9-14-24-11-6-21(7-12-25-15-10-23)8-13-26-16-17-27-18-19-28-20-4-2-1-3-5-20;1-2-3-4-5-6-7-8-9-10-11-12-21(13-17-24-19-15-22)14-18-25-20-16-23;17-5-1-2-16(3-8-20-12-14-22-10-6-18)4-9-21-13-15-23-11-7-19;10-3-1-9(2-4-11)8(5-12,6-13)7-14/h26-27H,2-24H2,1H3;1-5,22-23H,6-19H2;22-23H,2-20H2,1H3;17-19H,1-15H2;10-14H,1-7H2. The predicted octanol–water partition coefficient (Wildman–Crippen LogP) is 2.62. The highest BCUT2D eigenvalue weighted by Crippen LogP contribution is 2.15. The molecule has 0 aliphatic rings. The van der Waals surface area contributed by atoms with Gasteiger partial charge < -0.3 is 143 Å². The average molecular weight is 1760 g/mol. The summed E-state index contributed by atoms with van der Waals surface area (Å²) in [5.74, 6) is 0.841. The fraction of sp³-hybridized carbons (Fsp3) is 0.931. The summed E-state index contributed by atoms with van der Waals surface area (Å²) in [6, 6.07) is 9.65. The van der Waals surface area contributed by atoms with Gasteiger partial charge in [-0.1, -0.05) is 148 Å². The Morgan fingerprint density at radius 2 is 0.405 bits per heavy atom. The van der Waals surface area contributed by atoms with Crippen molar-refractivity contribution < 1.29 is 143 Å². The summed E-state index contributed by atoms with van der Waals surface area (Å²) in [5, 5.41) is 123. The molecule has 0 saturated carbocycles. The van der Waals surface area contributed by atoms with Gasteiger partial charge in [0, 0.05) is 85.1 Å². The number of benzene rings is 1. The zero-order chi connectivity index (χ0) is 89.3. The second kappa shape index (κ2) is 112. The number of nitrogens with zero attached hydrogens (tertiary/aromatic N) is 5. The third kappa shape index (κ3) is 98.1. The van der Waals surface area contributed by atoms with E-state index in [1.165, 1.54) is 133 Å². The molecule has 0 spiro atoms. The Kier molecular flexibility index (Phi) is 116.